The zero-order valence-corrected chi connectivity index (χ0v) is 19.6. The number of carbonyl (C=O) groups excluding carboxylic acids is 2. The first-order chi connectivity index (χ1) is 16.3. The summed E-state index contributed by atoms with van der Waals surface area (Å²) >= 11 is 0. The van der Waals surface area contributed by atoms with Gasteiger partial charge in [0, 0.05) is 26.0 Å². The van der Waals surface area contributed by atoms with Crippen LogP contribution in [0.2, 0.25) is 0 Å². The lowest BCUT2D eigenvalue weighted by atomic mass is 9.96. The molecule has 0 radical (unpaired) electrons. The van der Waals surface area contributed by atoms with Crippen molar-refractivity contribution >= 4 is 18.0 Å². The minimum atomic E-state index is -1.31. The lowest BCUT2D eigenvalue weighted by Crippen LogP contribution is -2.59. The average Bonchev–Trinajstić information content (AvgIpc) is 3.42. The number of fused-ring (bicyclic) bond motifs is 3. The monoisotopic (exact) mass is 466 g/mol. The maximum absolute atomic E-state index is 13.3. The van der Waals surface area contributed by atoms with Crippen molar-refractivity contribution in [3.05, 3.63) is 59.7 Å². The van der Waals surface area contributed by atoms with Crippen molar-refractivity contribution in [3.8, 4) is 11.1 Å². The van der Waals surface area contributed by atoms with Crippen LogP contribution >= 0.6 is 0 Å². The number of likely N-dealkylation sites (tertiary alicyclic amines) is 1. The number of carbonyl (C=O) groups is 3. The first kappa shape index (κ1) is 23.8. The highest BCUT2D eigenvalue weighted by molar-refractivity contribution is 5.93. The van der Waals surface area contributed by atoms with Crippen molar-refractivity contribution in [2.75, 3.05) is 20.3 Å². The fourth-order valence-electron chi connectivity index (χ4n) is 4.90. The zero-order valence-electron chi connectivity index (χ0n) is 19.6. The summed E-state index contributed by atoms with van der Waals surface area (Å²) in [5, 5.41) is 12.3. The van der Waals surface area contributed by atoms with E-state index in [1.807, 2.05) is 36.4 Å². The number of nitrogens with zero attached hydrogens (tertiary/aromatic N) is 1. The number of benzene rings is 2. The lowest BCUT2D eigenvalue weighted by molar-refractivity contribution is -0.150. The third-order valence-electron chi connectivity index (χ3n) is 7.04. The van der Waals surface area contributed by atoms with Crippen LogP contribution in [0.1, 0.15) is 43.7 Å². The average molecular weight is 467 g/mol. The quantitative estimate of drug-likeness (QED) is 0.648. The largest absolute Gasteiger partial charge is 0.480 e. The highest BCUT2D eigenvalue weighted by Gasteiger charge is 2.46. The summed E-state index contributed by atoms with van der Waals surface area (Å²) in [4.78, 5) is 39.1. The van der Waals surface area contributed by atoms with Crippen molar-refractivity contribution in [2.24, 2.45) is 0 Å². The molecule has 0 spiro atoms. The third kappa shape index (κ3) is 4.25. The van der Waals surface area contributed by atoms with Crippen LogP contribution in [-0.2, 0) is 19.1 Å². The molecule has 1 aliphatic carbocycles. The fraction of sp³-hybridized carbons (Fsp3) is 0.423. The number of ether oxygens (including phenoxy) is 2. The van der Waals surface area contributed by atoms with E-state index in [9.17, 15) is 19.5 Å². The minimum Gasteiger partial charge on any atom is -0.480 e. The van der Waals surface area contributed by atoms with E-state index in [-0.39, 0.29) is 38.0 Å². The predicted octanol–water partition coefficient (Wildman–Crippen LogP) is 3.39. The molecular formula is C26H30N2O6. The van der Waals surface area contributed by atoms with Gasteiger partial charge >= 0.3 is 12.1 Å². The second kappa shape index (κ2) is 9.46. The number of aliphatic carboxylic acids is 1. The molecule has 1 heterocycles. The zero-order chi connectivity index (χ0) is 24.5. The summed E-state index contributed by atoms with van der Waals surface area (Å²) in [6.07, 6.45) is -0.590. The fourth-order valence-corrected chi connectivity index (χ4v) is 4.90. The molecule has 2 aromatic rings. The smallest absolute Gasteiger partial charge is 0.408 e. The topological polar surface area (TPSA) is 105 Å². The number of alkyl carbamates (subject to hydrolysis) is 1. The van der Waals surface area contributed by atoms with Crippen LogP contribution in [0.25, 0.3) is 11.1 Å². The Kier molecular flexibility index (Phi) is 6.61. The first-order valence-electron chi connectivity index (χ1n) is 11.5. The van der Waals surface area contributed by atoms with Gasteiger partial charge in [-0.2, -0.15) is 0 Å². The molecule has 2 N–H and O–H groups in total. The van der Waals surface area contributed by atoms with Crippen LogP contribution in [0.5, 0.6) is 0 Å². The van der Waals surface area contributed by atoms with Gasteiger partial charge in [0.15, 0.2) is 0 Å². The predicted molar refractivity (Wildman–Crippen MR) is 125 cm³/mol. The number of hydrogen-bond acceptors (Lipinski definition) is 5. The van der Waals surface area contributed by atoms with Crippen molar-refractivity contribution in [3.63, 3.8) is 0 Å². The number of hydrogen-bond donors (Lipinski definition) is 2. The Labute approximate surface area is 198 Å². The highest BCUT2D eigenvalue weighted by Crippen LogP contribution is 2.44. The van der Waals surface area contributed by atoms with Gasteiger partial charge in [-0.25, -0.2) is 9.59 Å². The van der Waals surface area contributed by atoms with Crippen LogP contribution in [0.4, 0.5) is 4.79 Å². The molecule has 8 nitrogen and oxygen atoms in total. The molecule has 2 aromatic carbocycles. The van der Waals surface area contributed by atoms with Gasteiger partial charge in [-0.1, -0.05) is 55.5 Å². The van der Waals surface area contributed by atoms with Gasteiger partial charge in [0.1, 0.15) is 18.2 Å². The summed E-state index contributed by atoms with van der Waals surface area (Å²) in [6, 6.07) is 15.1. The Morgan fingerprint density at radius 3 is 2.21 bits per heavy atom. The molecule has 3 unspecified atom stereocenters. The maximum Gasteiger partial charge on any atom is 0.408 e. The Bertz CT molecular complexity index is 1060. The minimum absolute atomic E-state index is 0.0980. The van der Waals surface area contributed by atoms with Gasteiger partial charge in [-0.05, 0) is 35.6 Å². The summed E-state index contributed by atoms with van der Waals surface area (Å²) in [5.41, 5.74) is 3.14. The van der Waals surface area contributed by atoms with E-state index in [1.165, 1.54) is 12.0 Å². The Morgan fingerprint density at radius 1 is 1.09 bits per heavy atom. The highest BCUT2D eigenvalue weighted by atomic mass is 16.5. The van der Waals surface area contributed by atoms with E-state index < -0.39 is 29.6 Å². The Hall–Kier alpha value is -3.39. The van der Waals surface area contributed by atoms with Crippen molar-refractivity contribution < 1.29 is 29.0 Å². The van der Waals surface area contributed by atoms with Gasteiger partial charge < -0.3 is 24.8 Å². The summed E-state index contributed by atoms with van der Waals surface area (Å²) < 4.78 is 10.9. The van der Waals surface area contributed by atoms with E-state index in [0.29, 0.717) is 0 Å². The SMILES string of the molecule is CCC(C)(NC(=O)OCC1c2ccccc2-c2ccccc21)C(=O)N1CC(OC)CC1C(=O)O. The van der Waals surface area contributed by atoms with Gasteiger partial charge in [-0.3, -0.25) is 4.79 Å². The normalized spacial score (nSPS) is 20.9. The van der Waals surface area contributed by atoms with E-state index in [4.69, 9.17) is 9.47 Å². The second-order valence-corrected chi connectivity index (χ2v) is 9.04. The summed E-state index contributed by atoms with van der Waals surface area (Å²) in [5.74, 6) is -1.65. The molecule has 4 rings (SSSR count). The van der Waals surface area contributed by atoms with Crippen molar-refractivity contribution in [1.29, 1.82) is 0 Å². The molecule has 1 saturated heterocycles. The number of methoxy groups -OCH3 is 1. The molecule has 2 amide bonds. The van der Waals surface area contributed by atoms with Gasteiger partial charge in [0.25, 0.3) is 0 Å². The third-order valence-corrected chi connectivity index (χ3v) is 7.04. The standard InChI is InChI=1S/C26H30N2O6/c1-4-26(2,24(31)28-14-16(33-3)13-22(28)23(29)30)27-25(32)34-15-21-19-11-7-5-9-17(19)18-10-6-8-12-20(18)21/h5-12,16,21-22H,4,13-15H2,1-3H3,(H,27,32)(H,29,30). The molecule has 0 saturated carbocycles. The number of nitrogens with one attached hydrogen (secondary N) is 1. The van der Waals surface area contributed by atoms with Crippen LogP contribution in [0.3, 0.4) is 0 Å². The molecule has 1 fully saturated rings. The summed E-state index contributed by atoms with van der Waals surface area (Å²) in [7, 11) is 1.49. The van der Waals surface area contributed by atoms with Gasteiger partial charge in [-0.15, -0.1) is 0 Å². The maximum atomic E-state index is 13.3. The second-order valence-electron chi connectivity index (χ2n) is 9.04. The van der Waals surface area contributed by atoms with Crippen LogP contribution in [0.15, 0.2) is 48.5 Å². The molecule has 2 aliphatic rings. The Morgan fingerprint density at radius 2 is 1.68 bits per heavy atom. The van der Waals surface area contributed by atoms with Crippen LogP contribution in [0, 0.1) is 0 Å². The number of carboxylic acids is 1. The molecule has 0 aromatic heterocycles. The number of rotatable bonds is 7. The molecule has 8 heteroatoms. The van der Waals surface area contributed by atoms with Crippen LogP contribution in [-0.4, -0.2) is 65.9 Å². The van der Waals surface area contributed by atoms with E-state index >= 15 is 0 Å². The van der Waals surface area contributed by atoms with E-state index in [0.717, 1.165) is 22.3 Å². The lowest BCUT2D eigenvalue weighted by Gasteiger charge is -2.34. The van der Waals surface area contributed by atoms with E-state index in [2.05, 4.69) is 17.4 Å². The number of carboxylic acid groups (broad SMARTS) is 1. The van der Waals surface area contributed by atoms with Crippen molar-refractivity contribution in [2.45, 2.75) is 50.3 Å². The van der Waals surface area contributed by atoms with E-state index in [1.54, 1.807) is 13.8 Å². The molecular weight excluding hydrogens is 436 g/mol. The van der Waals surface area contributed by atoms with Gasteiger partial charge in [0.05, 0.1) is 6.10 Å². The number of amides is 2. The Balaban J connectivity index is 1.46. The first-order valence-corrected chi connectivity index (χ1v) is 11.5. The van der Waals surface area contributed by atoms with Gasteiger partial charge in [0.2, 0.25) is 5.91 Å². The van der Waals surface area contributed by atoms with Crippen LogP contribution < -0.4 is 5.32 Å². The summed E-state index contributed by atoms with van der Waals surface area (Å²) in [6.45, 7) is 3.65. The molecule has 3 atom stereocenters. The molecule has 0 bridgehead atoms. The molecule has 180 valence electrons. The van der Waals surface area contributed by atoms with Crippen molar-refractivity contribution in [1.82, 2.24) is 10.2 Å². The molecule has 34 heavy (non-hydrogen) atoms. The molecule has 1 aliphatic heterocycles.